The number of hydrogen-bond acceptors (Lipinski definition) is 4. The van der Waals surface area contributed by atoms with Crippen LogP contribution in [0.5, 0.6) is 0 Å². The fourth-order valence-corrected chi connectivity index (χ4v) is 7.14. The predicted octanol–water partition coefficient (Wildman–Crippen LogP) is 2.70. The second-order valence-electron chi connectivity index (χ2n) is 6.43. The molecule has 5 nitrogen and oxygen atoms in total. The number of hydrogen-bond donors (Lipinski definition) is 0. The van der Waals surface area contributed by atoms with Crippen molar-refractivity contribution in [3.63, 3.8) is 0 Å². The van der Waals surface area contributed by atoms with E-state index in [1.165, 1.54) is 11.8 Å². The Kier molecular flexibility index (Phi) is 4.75. The highest BCUT2D eigenvalue weighted by Crippen LogP contribution is 2.42. The van der Waals surface area contributed by atoms with Crippen LogP contribution in [0.15, 0.2) is 23.2 Å². The van der Waals surface area contributed by atoms with Gasteiger partial charge in [-0.25, -0.2) is 8.42 Å². The van der Waals surface area contributed by atoms with E-state index < -0.39 is 9.84 Å². The SMILES string of the molecule is CCCC(=O)N=C1S[C@H]2CS(=O)(=O)C[C@H]2N1c1cccc(C)c1C. The Morgan fingerprint density at radius 3 is 2.79 bits per heavy atom. The summed E-state index contributed by atoms with van der Waals surface area (Å²) in [5.41, 5.74) is 3.19. The van der Waals surface area contributed by atoms with Gasteiger partial charge in [-0.3, -0.25) is 4.79 Å². The minimum Gasteiger partial charge on any atom is -0.315 e. The summed E-state index contributed by atoms with van der Waals surface area (Å²) in [5.74, 6) is 0.141. The maximum absolute atomic E-state index is 12.1. The van der Waals surface area contributed by atoms with E-state index in [4.69, 9.17) is 0 Å². The average molecular weight is 367 g/mol. The van der Waals surface area contributed by atoms with Crippen LogP contribution < -0.4 is 4.90 Å². The van der Waals surface area contributed by atoms with Gasteiger partial charge in [0.1, 0.15) is 0 Å². The van der Waals surface area contributed by atoms with Crippen LogP contribution in [0, 0.1) is 13.8 Å². The molecule has 0 aromatic heterocycles. The Labute approximate surface area is 147 Å². The molecule has 0 N–H and O–H groups in total. The Morgan fingerprint density at radius 2 is 2.08 bits per heavy atom. The Bertz CT molecular complexity index is 802. The molecule has 1 aromatic carbocycles. The summed E-state index contributed by atoms with van der Waals surface area (Å²) in [7, 11) is -3.03. The van der Waals surface area contributed by atoms with Crippen LogP contribution in [0.3, 0.4) is 0 Å². The van der Waals surface area contributed by atoms with Crippen LogP contribution in [0.1, 0.15) is 30.9 Å². The number of rotatable bonds is 3. The molecule has 2 saturated heterocycles. The van der Waals surface area contributed by atoms with E-state index in [1.807, 2.05) is 43.9 Å². The predicted molar refractivity (Wildman–Crippen MR) is 99.6 cm³/mol. The third kappa shape index (κ3) is 3.24. The van der Waals surface area contributed by atoms with E-state index in [0.29, 0.717) is 11.6 Å². The van der Waals surface area contributed by atoms with Gasteiger partial charge in [-0.1, -0.05) is 30.8 Å². The van der Waals surface area contributed by atoms with Crippen LogP contribution >= 0.6 is 11.8 Å². The zero-order chi connectivity index (χ0) is 17.5. The standard InChI is InChI=1S/C17H22N2O3S2/c1-4-6-16(20)18-17-19(13-8-5-7-11(2)12(13)3)14-9-24(21,22)10-15(14)23-17/h5,7-8,14-15H,4,6,9-10H2,1-3H3/t14-,15+/m1/s1. The molecule has 2 atom stereocenters. The molecule has 0 radical (unpaired) electrons. The van der Waals surface area contributed by atoms with Crippen molar-refractivity contribution in [1.82, 2.24) is 0 Å². The number of amides is 1. The van der Waals surface area contributed by atoms with Crippen molar-refractivity contribution in [2.24, 2.45) is 4.99 Å². The van der Waals surface area contributed by atoms with Crippen LogP contribution in [0.4, 0.5) is 5.69 Å². The topological polar surface area (TPSA) is 66.8 Å². The van der Waals surface area contributed by atoms with Gasteiger partial charge in [0.05, 0.1) is 17.5 Å². The van der Waals surface area contributed by atoms with Gasteiger partial charge >= 0.3 is 0 Å². The molecule has 0 unspecified atom stereocenters. The molecular formula is C17H22N2O3S2. The lowest BCUT2D eigenvalue weighted by Gasteiger charge is -2.26. The molecule has 0 saturated carbocycles. The molecule has 24 heavy (non-hydrogen) atoms. The Hall–Kier alpha value is -1.34. The molecule has 0 aliphatic carbocycles. The summed E-state index contributed by atoms with van der Waals surface area (Å²) in [4.78, 5) is 18.3. The molecule has 0 spiro atoms. The van der Waals surface area contributed by atoms with Gasteiger partial charge in [0, 0.05) is 17.4 Å². The number of benzene rings is 1. The molecular weight excluding hydrogens is 344 g/mol. The lowest BCUT2D eigenvalue weighted by atomic mass is 10.1. The number of amidine groups is 1. The third-order valence-electron chi connectivity index (χ3n) is 4.59. The Balaban J connectivity index is 2.05. The van der Waals surface area contributed by atoms with Gasteiger partial charge < -0.3 is 4.90 Å². The number of aliphatic imine (C=N–C) groups is 1. The zero-order valence-electron chi connectivity index (χ0n) is 14.2. The van der Waals surface area contributed by atoms with E-state index in [0.717, 1.165) is 23.2 Å². The van der Waals surface area contributed by atoms with Gasteiger partial charge in [0.25, 0.3) is 0 Å². The third-order valence-corrected chi connectivity index (χ3v) is 7.80. The van der Waals surface area contributed by atoms with Gasteiger partial charge in [0.2, 0.25) is 5.91 Å². The van der Waals surface area contributed by atoms with Crippen molar-refractivity contribution in [2.75, 3.05) is 16.4 Å². The average Bonchev–Trinajstić information content (AvgIpc) is 2.94. The molecule has 3 rings (SSSR count). The number of thioether (sulfide) groups is 1. The zero-order valence-corrected chi connectivity index (χ0v) is 15.8. The number of aryl methyl sites for hydroxylation is 1. The number of carbonyl (C=O) groups is 1. The summed E-state index contributed by atoms with van der Waals surface area (Å²) in [6, 6.07) is 5.83. The first-order valence-electron chi connectivity index (χ1n) is 8.16. The minimum absolute atomic E-state index is 0.0527. The first-order chi connectivity index (χ1) is 11.3. The Morgan fingerprint density at radius 1 is 1.33 bits per heavy atom. The first kappa shape index (κ1) is 17.5. The van der Waals surface area contributed by atoms with E-state index in [2.05, 4.69) is 4.99 Å². The molecule has 7 heteroatoms. The van der Waals surface area contributed by atoms with Crippen LogP contribution in [-0.4, -0.2) is 42.3 Å². The molecule has 2 aliphatic rings. The fraction of sp³-hybridized carbons (Fsp3) is 0.529. The molecule has 1 aromatic rings. The molecule has 0 bridgehead atoms. The summed E-state index contributed by atoms with van der Waals surface area (Å²) in [5, 5.41) is 0.593. The van der Waals surface area contributed by atoms with E-state index in [-0.39, 0.29) is 28.7 Å². The number of anilines is 1. The van der Waals surface area contributed by atoms with Gasteiger partial charge in [-0.05, 0) is 37.5 Å². The smallest absolute Gasteiger partial charge is 0.248 e. The fourth-order valence-electron chi connectivity index (χ4n) is 3.22. The molecule has 2 heterocycles. The van der Waals surface area contributed by atoms with E-state index in [1.54, 1.807) is 0 Å². The van der Waals surface area contributed by atoms with Gasteiger partial charge in [0.15, 0.2) is 15.0 Å². The quantitative estimate of drug-likeness (QED) is 0.823. The minimum atomic E-state index is -3.03. The maximum Gasteiger partial charge on any atom is 0.248 e. The van der Waals surface area contributed by atoms with Crippen LogP contribution in [0.25, 0.3) is 0 Å². The lowest BCUT2D eigenvalue weighted by Crippen LogP contribution is -2.38. The molecule has 1 amide bonds. The maximum atomic E-state index is 12.1. The number of sulfone groups is 1. The van der Waals surface area contributed by atoms with E-state index >= 15 is 0 Å². The monoisotopic (exact) mass is 366 g/mol. The highest BCUT2D eigenvalue weighted by atomic mass is 32.2. The summed E-state index contributed by atoms with van der Waals surface area (Å²) >= 11 is 1.43. The summed E-state index contributed by atoms with van der Waals surface area (Å²) in [6.45, 7) is 6.01. The second kappa shape index (κ2) is 6.52. The largest absolute Gasteiger partial charge is 0.315 e. The van der Waals surface area contributed by atoms with Crippen LogP contribution in [-0.2, 0) is 14.6 Å². The number of fused-ring (bicyclic) bond motifs is 1. The molecule has 2 aliphatic heterocycles. The highest BCUT2D eigenvalue weighted by Gasteiger charge is 2.49. The van der Waals surface area contributed by atoms with Gasteiger partial charge in [-0.2, -0.15) is 4.99 Å². The normalized spacial score (nSPS) is 26.8. The van der Waals surface area contributed by atoms with E-state index in [9.17, 15) is 13.2 Å². The van der Waals surface area contributed by atoms with Crippen molar-refractivity contribution in [3.8, 4) is 0 Å². The number of carbonyl (C=O) groups excluding carboxylic acids is 1. The van der Waals surface area contributed by atoms with Crippen molar-refractivity contribution in [2.45, 2.75) is 44.9 Å². The van der Waals surface area contributed by atoms with Crippen molar-refractivity contribution in [3.05, 3.63) is 29.3 Å². The van der Waals surface area contributed by atoms with Crippen molar-refractivity contribution in [1.29, 1.82) is 0 Å². The van der Waals surface area contributed by atoms with Crippen molar-refractivity contribution >= 4 is 38.4 Å². The van der Waals surface area contributed by atoms with Crippen LogP contribution in [0.2, 0.25) is 0 Å². The van der Waals surface area contributed by atoms with Gasteiger partial charge in [-0.15, -0.1) is 0 Å². The van der Waals surface area contributed by atoms with Crippen molar-refractivity contribution < 1.29 is 13.2 Å². The summed E-state index contributed by atoms with van der Waals surface area (Å²) < 4.78 is 24.1. The highest BCUT2D eigenvalue weighted by molar-refractivity contribution is 8.16. The number of nitrogens with zero attached hydrogens (tertiary/aromatic N) is 2. The first-order valence-corrected chi connectivity index (χ1v) is 10.9. The molecule has 2 fully saturated rings. The summed E-state index contributed by atoms with van der Waals surface area (Å²) in [6.07, 6.45) is 1.17. The lowest BCUT2D eigenvalue weighted by molar-refractivity contribution is -0.117. The second-order valence-corrected chi connectivity index (χ2v) is 9.79. The molecule has 130 valence electrons.